The van der Waals surface area contributed by atoms with E-state index < -0.39 is 24.6 Å². The molecular weight excluding hydrogens is 228 g/mol. The highest BCUT2D eigenvalue weighted by molar-refractivity contribution is 5.82. The molecule has 7 heteroatoms. The van der Waals surface area contributed by atoms with Crippen LogP contribution in [0.3, 0.4) is 0 Å². The van der Waals surface area contributed by atoms with Crippen molar-refractivity contribution in [2.24, 2.45) is 0 Å². The van der Waals surface area contributed by atoms with Crippen LogP contribution in [-0.4, -0.2) is 66.1 Å². The highest BCUT2D eigenvalue weighted by Gasteiger charge is 2.26. The molecule has 2 amide bonds. The summed E-state index contributed by atoms with van der Waals surface area (Å²) in [6.07, 6.45) is 1.63. The Bertz CT molecular complexity index is 276. The number of carboxylic acid groups (broad SMARTS) is 1. The second-order valence-corrected chi connectivity index (χ2v) is 3.94. The standard InChI is InChI=1S/C10H18N2O5/c1-17-7-2-4-12(5-3-7)10(16)11-8(6-13)9(14)15/h7-8,13H,2-6H2,1H3,(H,11,16)(H,14,15). The number of rotatable bonds is 4. The Morgan fingerprint density at radius 2 is 2.06 bits per heavy atom. The number of hydrogen-bond donors (Lipinski definition) is 3. The minimum absolute atomic E-state index is 0.159. The lowest BCUT2D eigenvalue weighted by molar-refractivity contribution is -0.140. The van der Waals surface area contributed by atoms with E-state index in [2.05, 4.69) is 5.32 Å². The highest BCUT2D eigenvalue weighted by atomic mass is 16.5. The van der Waals surface area contributed by atoms with Crippen LogP contribution in [0.15, 0.2) is 0 Å². The maximum Gasteiger partial charge on any atom is 0.328 e. The van der Waals surface area contributed by atoms with Crippen molar-refractivity contribution in [2.75, 3.05) is 26.8 Å². The molecule has 17 heavy (non-hydrogen) atoms. The Hall–Kier alpha value is -1.34. The van der Waals surface area contributed by atoms with E-state index in [1.807, 2.05) is 0 Å². The topological polar surface area (TPSA) is 99.1 Å². The van der Waals surface area contributed by atoms with E-state index in [9.17, 15) is 9.59 Å². The first kappa shape index (κ1) is 13.7. The van der Waals surface area contributed by atoms with Crippen LogP contribution in [0.5, 0.6) is 0 Å². The van der Waals surface area contributed by atoms with Crippen molar-refractivity contribution in [1.29, 1.82) is 0 Å². The van der Waals surface area contributed by atoms with Crippen LogP contribution in [0.25, 0.3) is 0 Å². The van der Waals surface area contributed by atoms with E-state index in [0.29, 0.717) is 13.1 Å². The third kappa shape index (κ3) is 3.86. The summed E-state index contributed by atoms with van der Waals surface area (Å²) < 4.78 is 5.17. The van der Waals surface area contributed by atoms with Crippen LogP contribution in [-0.2, 0) is 9.53 Å². The number of amides is 2. The summed E-state index contributed by atoms with van der Waals surface area (Å²) in [4.78, 5) is 23.8. The van der Waals surface area contributed by atoms with Crippen molar-refractivity contribution in [1.82, 2.24) is 10.2 Å². The van der Waals surface area contributed by atoms with Gasteiger partial charge in [-0.1, -0.05) is 0 Å². The number of nitrogens with zero attached hydrogens (tertiary/aromatic N) is 1. The van der Waals surface area contributed by atoms with Crippen LogP contribution in [0.4, 0.5) is 4.79 Å². The Balaban J connectivity index is 2.41. The molecule has 1 atom stereocenters. The number of aliphatic hydroxyl groups excluding tert-OH is 1. The molecule has 0 bridgehead atoms. The number of methoxy groups -OCH3 is 1. The maximum absolute atomic E-state index is 11.7. The summed E-state index contributed by atoms with van der Waals surface area (Å²) in [5.74, 6) is -1.24. The zero-order valence-electron chi connectivity index (χ0n) is 9.76. The summed E-state index contributed by atoms with van der Waals surface area (Å²) in [5, 5.41) is 19.7. The van der Waals surface area contributed by atoms with E-state index in [-0.39, 0.29) is 6.10 Å². The average molecular weight is 246 g/mol. The normalized spacial score (nSPS) is 18.8. The number of hydrogen-bond acceptors (Lipinski definition) is 4. The molecule has 0 radical (unpaired) electrons. The van der Waals surface area contributed by atoms with Gasteiger partial charge in [-0.25, -0.2) is 9.59 Å². The number of carboxylic acids is 1. The number of carbonyl (C=O) groups excluding carboxylic acids is 1. The van der Waals surface area contributed by atoms with Gasteiger partial charge in [0.15, 0.2) is 6.04 Å². The molecule has 98 valence electrons. The number of urea groups is 1. The number of likely N-dealkylation sites (tertiary alicyclic amines) is 1. The van der Waals surface area contributed by atoms with Crippen LogP contribution in [0, 0.1) is 0 Å². The summed E-state index contributed by atoms with van der Waals surface area (Å²) in [6, 6.07) is -1.70. The lowest BCUT2D eigenvalue weighted by Gasteiger charge is -2.31. The van der Waals surface area contributed by atoms with E-state index >= 15 is 0 Å². The van der Waals surface area contributed by atoms with Gasteiger partial charge in [-0.2, -0.15) is 0 Å². The summed E-state index contributed by atoms with van der Waals surface area (Å²) in [7, 11) is 1.63. The molecule has 1 saturated heterocycles. The number of nitrogens with one attached hydrogen (secondary N) is 1. The number of carbonyl (C=O) groups is 2. The Labute approximate surface area is 99.4 Å². The zero-order valence-corrected chi connectivity index (χ0v) is 9.76. The van der Waals surface area contributed by atoms with E-state index in [4.69, 9.17) is 14.9 Å². The first-order valence-electron chi connectivity index (χ1n) is 5.50. The molecule has 1 heterocycles. The molecule has 1 aliphatic rings. The maximum atomic E-state index is 11.7. The zero-order chi connectivity index (χ0) is 12.8. The van der Waals surface area contributed by atoms with Crippen LogP contribution < -0.4 is 5.32 Å². The second-order valence-electron chi connectivity index (χ2n) is 3.94. The fraction of sp³-hybridized carbons (Fsp3) is 0.800. The van der Waals surface area contributed by atoms with Gasteiger partial charge < -0.3 is 25.2 Å². The van der Waals surface area contributed by atoms with E-state index in [1.54, 1.807) is 7.11 Å². The lowest BCUT2D eigenvalue weighted by Crippen LogP contribution is -2.52. The van der Waals surface area contributed by atoms with Gasteiger partial charge in [0.05, 0.1) is 12.7 Å². The van der Waals surface area contributed by atoms with Crippen molar-refractivity contribution in [3.05, 3.63) is 0 Å². The third-order valence-corrected chi connectivity index (χ3v) is 2.84. The third-order valence-electron chi connectivity index (χ3n) is 2.84. The number of ether oxygens (including phenoxy) is 1. The molecule has 0 spiro atoms. The van der Waals surface area contributed by atoms with Crippen molar-refractivity contribution < 1.29 is 24.5 Å². The fourth-order valence-corrected chi connectivity index (χ4v) is 1.72. The highest BCUT2D eigenvalue weighted by Crippen LogP contribution is 2.12. The molecular formula is C10H18N2O5. The van der Waals surface area contributed by atoms with Crippen molar-refractivity contribution >= 4 is 12.0 Å². The summed E-state index contributed by atoms with van der Waals surface area (Å²) >= 11 is 0. The van der Waals surface area contributed by atoms with Gasteiger partial charge in [-0.15, -0.1) is 0 Å². The number of aliphatic hydroxyl groups is 1. The molecule has 1 aliphatic heterocycles. The Morgan fingerprint density at radius 1 is 1.47 bits per heavy atom. The molecule has 0 aromatic carbocycles. The monoisotopic (exact) mass is 246 g/mol. The molecule has 0 aromatic heterocycles. The summed E-state index contributed by atoms with van der Waals surface area (Å²) in [6.45, 7) is 0.444. The quantitative estimate of drug-likeness (QED) is 0.606. The Kier molecular flexibility index (Phi) is 5.17. The SMILES string of the molecule is COC1CCN(C(=O)NC(CO)C(=O)O)CC1. The first-order chi connectivity index (χ1) is 8.08. The van der Waals surface area contributed by atoms with Gasteiger partial charge in [0.25, 0.3) is 0 Å². The second kappa shape index (κ2) is 6.41. The van der Waals surface area contributed by atoms with Crippen LogP contribution >= 0.6 is 0 Å². The van der Waals surface area contributed by atoms with Crippen molar-refractivity contribution in [2.45, 2.75) is 25.0 Å². The largest absolute Gasteiger partial charge is 0.480 e. The predicted molar refractivity (Wildman–Crippen MR) is 58.6 cm³/mol. The van der Waals surface area contributed by atoms with Gasteiger partial charge in [0, 0.05) is 20.2 Å². The van der Waals surface area contributed by atoms with Crippen LogP contribution in [0.1, 0.15) is 12.8 Å². The van der Waals surface area contributed by atoms with E-state index in [1.165, 1.54) is 4.90 Å². The van der Waals surface area contributed by atoms with Gasteiger partial charge in [-0.3, -0.25) is 0 Å². The predicted octanol–water partition coefficient (Wildman–Crippen LogP) is -0.748. The molecule has 0 aliphatic carbocycles. The molecule has 1 fully saturated rings. The smallest absolute Gasteiger partial charge is 0.328 e. The average Bonchev–Trinajstić information content (AvgIpc) is 2.35. The first-order valence-corrected chi connectivity index (χ1v) is 5.50. The molecule has 0 saturated carbocycles. The minimum Gasteiger partial charge on any atom is -0.480 e. The molecule has 3 N–H and O–H groups in total. The number of aliphatic carboxylic acids is 1. The van der Waals surface area contributed by atoms with Crippen molar-refractivity contribution in [3.63, 3.8) is 0 Å². The molecule has 1 unspecified atom stereocenters. The van der Waals surface area contributed by atoms with Gasteiger partial charge in [-0.05, 0) is 12.8 Å². The van der Waals surface area contributed by atoms with Crippen molar-refractivity contribution in [3.8, 4) is 0 Å². The van der Waals surface area contributed by atoms with Gasteiger partial charge in [0.2, 0.25) is 0 Å². The van der Waals surface area contributed by atoms with Gasteiger partial charge in [0.1, 0.15) is 0 Å². The fourth-order valence-electron chi connectivity index (χ4n) is 1.72. The lowest BCUT2D eigenvalue weighted by atomic mass is 10.1. The minimum atomic E-state index is -1.25. The number of piperidine rings is 1. The molecule has 1 rings (SSSR count). The summed E-state index contributed by atoms with van der Waals surface area (Å²) in [5.41, 5.74) is 0. The van der Waals surface area contributed by atoms with Crippen LogP contribution in [0.2, 0.25) is 0 Å². The molecule has 0 aromatic rings. The van der Waals surface area contributed by atoms with Gasteiger partial charge >= 0.3 is 12.0 Å². The molecule has 7 nitrogen and oxygen atoms in total. The Morgan fingerprint density at radius 3 is 2.47 bits per heavy atom. The van der Waals surface area contributed by atoms with E-state index in [0.717, 1.165) is 12.8 Å².